The molecule has 1 N–H and O–H groups in total. The van der Waals surface area contributed by atoms with E-state index in [2.05, 4.69) is 19.6 Å². The Hall–Kier alpha value is 0.137. The molecule has 1 aliphatic heterocycles. The first kappa shape index (κ1) is 8.24. The Morgan fingerprint density at radius 1 is 1.40 bits per heavy atom. The summed E-state index contributed by atoms with van der Waals surface area (Å²) in [7, 11) is -1.13. The second kappa shape index (κ2) is 2.32. The van der Waals surface area contributed by atoms with Gasteiger partial charge in [0.15, 0.2) is 0 Å². The van der Waals surface area contributed by atoms with Crippen molar-refractivity contribution in [1.82, 2.24) is 0 Å². The van der Waals surface area contributed by atoms with Crippen LogP contribution in [0.4, 0.5) is 0 Å². The van der Waals surface area contributed by atoms with E-state index in [4.69, 9.17) is 9.84 Å². The number of aliphatic hydroxyl groups excluding tert-OH is 1. The molecule has 1 rings (SSSR count). The molecule has 0 aromatic carbocycles. The van der Waals surface area contributed by atoms with Crippen LogP contribution in [-0.2, 0) is 4.74 Å². The van der Waals surface area contributed by atoms with Crippen LogP contribution in [0.1, 0.15) is 6.92 Å². The Kier molecular flexibility index (Phi) is 1.91. The van der Waals surface area contributed by atoms with Crippen molar-refractivity contribution in [2.75, 3.05) is 0 Å². The van der Waals surface area contributed by atoms with Gasteiger partial charge in [0.05, 0.1) is 19.9 Å². The van der Waals surface area contributed by atoms with Gasteiger partial charge < -0.3 is 9.84 Å². The average Bonchev–Trinajstić information content (AvgIpc) is 2.35. The van der Waals surface area contributed by atoms with E-state index >= 15 is 0 Å². The van der Waals surface area contributed by atoms with Gasteiger partial charge in [0.1, 0.15) is 6.10 Å². The smallest absolute Gasteiger partial charge is 0.106 e. The van der Waals surface area contributed by atoms with Crippen LogP contribution in [0.25, 0.3) is 0 Å². The fourth-order valence-electron chi connectivity index (χ4n) is 1.19. The molecular weight excluding hydrogens is 144 g/mol. The molecule has 0 spiro atoms. The molecule has 1 fully saturated rings. The summed E-state index contributed by atoms with van der Waals surface area (Å²) in [4.78, 5) is 0. The van der Waals surface area contributed by atoms with E-state index in [0.29, 0.717) is 5.73 Å². The molecule has 0 bridgehead atoms. The molecular formula is C7H16O2Si. The first-order valence-corrected chi connectivity index (χ1v) is 7.34. The highest BCUT2D eigenvalue weighted by Crippen LogP contribution is 2.33. The summed E-state index contributed by atoms with van der Waals surface area (Å²) in [5, 5.41) is 9.12. The van der Waals surface area contributed by atoms with E-state index in [1.165, 1.54) is 0 Å². The highest BCUT2D eigenvalue weighted by molar-refractivity contribution is 6.78. The minimum atomic E-state index is -1.13. The molecule has 0 radical (unpaired) electrons. The predicted octanol–water partition coefficient (Wildman–Crippen LogP) is 1.01. The molecule has 60 valence electrons. The number of epoxide rings is 1. The molecule has 1 heterocycles. The van der Waals surface area contributed by atoms with Crippen LogP contribution in [0.2, 0.25) is 19.6 Å². The third-order valence-electron chi connectivity index (χ3n) is 1.85. The van der Waals surface area contributed by atoms with Gasteiger partial charge in [0.2, 0.25) is 0 Å². The zero-order valence-corrected chi connectivity index (χ0v) is 8.09. The lowest BCUT2D eigenvalue weighted by Crippen LogP contribution is -2.32. The van der Waals surface area contributed by atoms with Crippen LogP contribution in [0.3, 0.4) is 0 Å². The summed E-state index contributed by atoms with van der Waals surface area (Å²) in [6.45, 7) is 8.59. The molecule has 3 atom stereocenters. The molecule has 0 amide bonds. The summed E-state index contributed by atoms with van der Waals surface area (Å²) in [5.41, 5.74) is 0.396. The average molecular weight is 160 g/mol. The number of ether oxygens (including phenoxy) is 1. The molecule has 0 saturated carbocycles. The number of hydrogen-bond donors (Lipinski definition) is 1. The lowest BCUT2D eigenvalue weighted by Gasteiger charge is -2.11. The van der Waals surface area contributed by atoms with E-state index in [9.17, 15) is 0 Å². The minimum Gasteiger partial charge on any atom is -0.391 e. The van der Waals surface area contributed by atoms with Gasteiger partial charge in [-0.15, -0.1) is 0 Å². The van der Waals surface area contributed by atoms with Crippen molar-refractivity contribution in [3.63, 3.8) is 0 Å². The Morgan fingerprint density at radius 2 is 1.90 bits per heavy atom. The van der Waals surface area contributed by atoms with Crippen molar-refractivity contribution in [1.29, 1.82) is 0 Å². The van der Waals surface area contributed by atoms with Crippen LogP contribution in [0, 0.1) is 0 Å². The van der Waals surface area contributed by atoms with Gasteiger partial charge in [0, 0.05) is 0 Å². The van der Waals surface area contributed by atoms with Gasteiger partial charge in [-0.05, 0) is 6.92 Å². The summed E-state index contributed by atoms with van der Waals surface area (Å²) in [6.07, 6.45) is -0.136. The van der Waals surface area contributed by atoms with Crippen molar-refractivity contribution >= 4 is 8.07 Å². The largest absolute Gasteiger partial charge is 0.391 e. The Bertz CT molecular complexity index is 128. The Labute approximate surface area is 63.2 Å². The van der Waals surface area contributed by atoms with E-state index < -0.39 is 8.07 Å². The Morgan fingerprint density at radius 3 is 2.00 bits per heavy atom. The van der Waals surface area contributed by atoms with Gasteiger partial charge in [0.25, 0.3) is 0 Å². The van der Waals surface area contributed by atoms with Crippen molar-refractivity contribution in [2.45, 2.75) is 44.5 Å². The Balaban J connectivity index is 2.39. The molecule has 2 nitrogen and oxygen atoms in total. The first-order valence-electron chi connectivity index (χ1n) is 3.76. The molecule has 10 heavy (non-hydrogen) atoms. The number of aliphatic hydroxyl groups is 1. The van der Waals surface area contributed by atoms with E-state index in [1.54, 1.807) is 6.92 Å². The predicted molar refractivity (Wildman–Crippen MR) is 43.7 cm³/mol. The maximum atomic E-state index is 9.12. The van der Waals surface area contributed by atoms with Crippen LogP contribution < -0.4 is 0 Å². The summed E-state index contributed by atoms with van der Waals surface area (Å²) < 4.78 is 5.35. The normalized spacial score (nSPS) is 35.7. The highest BCUT2D eigenvalue weighted by atomic mass is 28.3. The summed E-state index contributed by atoms with van der Waals surface area (Å²) in [6, 6.07) is 0. The van der Waals surface area contributed by atoms with Gasteiger partial charge in [-0.3, -0.25) is 0 Å². The first-order chi connectivity index (χ1) is 4.43. The van der Waals surface area contributed by atoms with Crippen molar-refractivity contribution < 1.29 is 9.84 Å². The molecule has 1 aliphatic rings. The zero-order valence-electron chi connectivity index (χ0n) is 7.09. The second-order valence-electron chi connectivity index (χ2n) is 4.13. The van der Waals surface area contributed by atoms with Crippen molar-refractivity contribution in [3.05, 3.63) is 0 Å². The standard InChI is InChI=1S/C7H16O2Si/c1-5(8)6-7(9-6)10(2,3)4/h5-8H,1-4H3/t5-,6-,7-/m0/s1. The monoisotopic (exact) mass is 160 g/mol. The van der Waals surface area contributed by atoms with Gasteiger partial charge in [-0.1, -0.05) is 19.6 Å². The van der Waals surface area contributed by atoms with Crippen LogP contribution in [-0.4, -0.2) is 31.1 Å². The zero-order chi connectivity index (χ0) is 7.94. The second-order valence-corrected chi connectivity index (χ2v) is 9.43. The van der Waals surface area contributed by atoms with Gasteiger partial charge >= 0.3 is 0 Å². The third kappa shape index (κ3) is 1.59. The van der Waals surface area contributed by atoms with E-state index in [-0.39, 0.29) is 12.2 Å². The summed E-state index contributed by atoms with van der Waals surface area (Å²) >= 11 is 0. The maximum absolute atomic E-state index is 9.12. The van der Waals surface area contributed by atoms with E-state index in [0.717, 1.165) is 0 Å². The number of rotatable bonds is 2. The molecule has 0 aromatic rings. The van der Waals surface area contributed by atoms with Gasteiger partial charge in [-0.2, -0.15) is 0 Å². The molecule has 3 heteroatoms. The summed E-state index contributed by atoms with van der Waals surface area (Å²) in [5.74, 6) is 0. The minimum absolute atomic E-state index is 0.145. The quantitative estimate of drug-likeness (QED) is 0.483. The van der Waals surface area contributed by atoms with Crippen LogP contribution in [0.15, 0.2) is 0 Å². The molecule has 0 aliphatic carbocycles. The maximum Gasteiger partial charge on any atom is 0.106 e. The van der Waals surface area contributed by atoms with Gasteiger partial charge in [-0.25, -0.2) is 0 Å². The topological polar surface area (TPSA) is 32.8 Å². The lowest BCUT2D eigenvalue weighted by atomic mass is 10.3. The molecule has 0 unspecified atom stereocenters. The molecule has 1 saturated heterocycles. The fourth-order valence-corrected chi connectivity index (χ4v) is 3.02. The van der Waals surface area contributed by atoms with Crippen LogP contribution >= 0.6 is 0 Å². The van der Waals surface area contributed by atoms with Crippen molar-refractivity contribution in [2.24, 2.45) is 0 Å². The third-order valence-corrected chi connectivity index (χ3v) is 4.03. The lowest BCUT2D eigenvalue weighted by molar-refractivity contribution is 0.153. The SMILES string of the molecule is C[C@H](O)[C@@H]1O[C@H]1[Si](C)(C)C. The van der Waals surface area contributed by atoms with E-state index in [1.807, 2.05) is 0 Å². The molecule has 0 aromatic heterocycles. The number of hydrogen-bond acceptors (Lipinski definition) is 2. The van der Waals surface area contributed by atoms with Crippen molar-refractivity contribution in [3.8, 4) is 0 Å². The van der Waals surface area contributed by atoms with Crippen LogP contribution in [0.5, 0.6) is 0 Å². The fraction of sp³-hybridized carbons (Fsp3) is 1.00. The highest BCUT2D eigenvalue weighted by Gasteiger charge is 2.50.